The van der Waals surface area contributed by atoms with Gasteiger partial charge in [-0.2, -0.15) is 0 Å². The number of aromatic nitrogens is 2. The standard InChI is InChI=1S/C11H12N4O2S/c12-7-3-9(11(16)17)10(14-4-7)13-2-1-8-5-18-6-15-8/h3-6H,1-2,12H2,(H,13,14)(H,16,17). The molecule has 0 aromatic carbocycles. The first-order valence-electron chi connectivity index (χ1n) is 5.26. The second-order valence-corrected chi connectivity index (χ2v) is 4.35. The summed E-state index contributed by atoms with van der Waals surface area (Å²) in [6.45, 7) is 0.570. The van der Waals surface area contributed by atoms with Crippen LogP contribution in [0.2, 0.25) is 0 Å². The van der Waals surface area contributed by atoms with Crippen LogP contribution < -0.4 is 11.1 Å². The van der Waals surface area contributed by atoms with Crippen LogP contribution in [0.4, 0.5) is 11.5 Å². The molecule has 18 heavy (non-hydrogen) atoms. The van der Waals surface area contributed by atoms with Gasteiger partial charge in [0.1, 0.15) is 11.4 Å². The zero-order valence-electron chi connectivity index (χ0n) is 9.46. The van der Waals surface area contributed by atoms with Crippen molar-refractivity contribution in [3.8, 4) is 0 Å². The summed E-state index contributed by atoms with van der Waals surface area (Å²) in [7, 11) is 0. The fourth-order valence-corrected chi connectivity index (χ4v) is 2.05. The van der Waals surface area contributed by atoms with Crippen LogP contribution in [0.25, 0.3) is 0 Å². The second kappa shape index (κ2) is 5.46. The number of nitrogens with one attached hydrogen (secondary N) is 1. The molecule has 0 spiro atoms. The lowest BCUT2D eigenvalue weighted by Crippen LogP contribution is -2.11. The first-order valence-corrected chi connectivity index (χ1v) is 6.21. The zero-order valence-corrected chi connectivity index (χ0v) is 10.3. The van der Waals surface area contributed by atoms with E-state index < -0.39 is 5.97 Å². The minimum atomic E-state index is -1.05. The predicted octanol–water partition coefficient (Wildman–Crippen LogP) is 1.47. The molecule has 4 N–H and O–H groups in total. The van der Waals surface area contributed by atoms with Gasteiger partial charge < -0.3 is 16.2 Å². The monoisotopic (exact) mass is 264 g/mol. The molecule has 0 bridgehead atoms. The van der Waals surface area contributed by atoms with Crippen LogP contribution >= 0.6 is 11.3 Å². The smallest absolute Gasteiger partial charge is 0.339 e. The Balaban J connectivity index is 2.02. The highest BCUT2D eigenvalue weighted by atomic mass is 32.1. The molecule has 0 aliphatic carbocycles. The number of nitrogens with two attached hydrogens (primary N) is 1. The highest BCUT2D eigenvalue weighted by Crippen LogP contribution is 2.15. The van der Waals surface area contributed by atoms with Crippen LogP contribution in [-0.2, 0) is 6.42 Å². The van der Waals surface area contributed by atoms with Crippen molar-refractivity contribution >= 4 is 28.8 Å². The Bertz CT molecular complexity index is 542. The maximum absolute atomic E-state index is 11.0. The minimum absolute atomic E-state index is 0.0771. The van der Waals surface area contributed by atoms with E-state index in [1.165, 1.54) is 23.6 Å². The molecule has 0 atom stereocenters. The van der Waals surface area contributed by atoms with Crippen molar-refractivity contribution in [2.45, 2.75) is 6.42 Å². The average Bonchev–Trinajstić information content (AvgIpc) is 2.84. The van der Waals surface area contributed by atoms with Gasteiger partial charge in [-0.1, -0.05) is 0 Å². The summed E-state index contributed by atoms with van der Waals surface area (Å²) in [6, 6.07) is 1.39. The number of aromatic carboxylic acids is 1. The fraction of sp³-hybridized carbons (Fsp3) is 0.182. The maximum Gasteiger partial charge on any atom is 0.339 e. The number of anilines is 2. The maximum atomic E-state index is 11.0. The van der Waals surface area contributed by atoms with Crippen LogP contribution in [0.1, 0.15) is 16.1 Å². The summed E-state index contributed by atoms with van der Waals surface area (Å²) in [5, 5.41) is 14.0. The third-order valence-corrected chi connectivity index (χ3v) is 2.93. The Morgan fingerprint density at radius 3 is 3.00 bits per heavy atom. The molecule has 0 unspecified atom stereocenters. The lowest BCUT2D eigenvalue weighted by molar-refractivity contribution is 0.0697. The van der Waals surface area contributed by atoms with Crippen molar-refractivity contribution in [2.75, 3.05) is 17.6 Å². The number of carboxylic acid groups (broad SMARTS) is 1. The number of nitrogen functional groups attached to an aromatic ring is 1. The topological polar surface area (TPSA) is 101 Å². The molecular formula is C11H12N4O2S. The molecule has 7 heteroatoms. The van der Waals surface area contributed by atoms with Gasteiger partial charge in [0.25, 0.3) is 0 Å². The molecule has 94 valence electrons. The highest BCUT2D eigenvalue weighted by molar-refractivity contribution is 7.07. The van der Waals surface area contributed by atoms with E-state index in [1.54, 1.807) is 5.51 Å². The number of carboxylic acids is 1. The number of thiazole rings is 1. The molecule has 2 heterocycles. The van der Waals surface area contributed by atoms with E-state index in [0.29, 0.717) is 24.5 Å². The van der Waals surface area contributed by atoms with Crippen molar-refractivity contribution < 1.29 is 9.90 Å². The van der Waals surface area contributed by atoms with Crippen molar-refractivity contribution in [3.63, 3.8) is 0 Å². The van der Waals surface area contributed by atoms with E-state index in [2.05, 4.69) is 15.3 Å². The van der Waals surface area contributed by atoms with E-state index in [-0.39, 0.29) is 5.56 Å². The van der Waals surface area contributed by atoms with Gasteiger partial charge in [-0.15, -0.1) is 11.3 Å². The van der Waals surface area contributed by atoms with Crippen molar-refractivity contribution in [3.05, 3.63) is 34.4 Å². The Labute approximate surface area is 108 Å². The summed E-state index contributed by atoms with van der Waals surface area (Å²) in [4.78, 5) is 19.1. The first-order chi connectivity index (χ1) is 8.66. The largest absolute Gasteiger partial charge is 0.478 e. The summed E-state index contributed by atoms with van der Waals surface area (Å²) < 4.78 is 0. The van der Waals surface area contributed by atoms with E-state index >= 15 is 0 Å². The Morgan fingerprint density at radius 2 is 2.33 bits per heavy atom. The summed E-state index contributed by atoms with van der Waals surface area (Å²) in [5.41, 5.74) is 8.65. The van der Waals surface area contributed by atoms with Crippen LogP contribution in [-0.4, -0.2) is 27.6 Å². The minimum Gasteiger partial charge on any atom is -0.478 e. The van der Waals surface area contributed by atoms with Gasteiger partial charge in [0.2, 0.25) is 0 Å². The molecule has 2 rings (SSSR count). The van der Waals surface area contributed by atoms with E-state index in [9.17, 15) is 4.79 Å². The lowest BCUT2D eigenvalue weighted by Gasteiger charge is -2.08. The predicted molar refractivity (Wildman–Crippen MR) is 69.9 cm³/mol. The van der Waals surface area contributed by atoms with E-state index in [1.807, 2.05) is 5.38 Å². The molecule has 0 radical (unpaired) electrons. The van der Waals surface area contributed by atoms with E-state index in [4.69, 9.17) is 10.8 Å². The number of pyridine rings is 1. The molecule has 0 aliphatic rings. The molecule has 0 fully saturated rings. The first kappa shape index (κ1) is 12.3. The number of nitrogens with zero attached hydrogens (tertiary/aromatic N) is 2. The SMILES string of the molecule is Nc1cnc(NCCc2cscn2)c(C(=O)O)c1. The Kier molecular flexibility index (Phi) is 3.73. The Morgan fingerprint density at radius 1 is 1.50 bits per heavy atom. The van der Waals surface area contributed by atoms with Crippen LogP contribution in [0.3, 0.4) is 0 Å². The van der Waals surface area contributed by atoms with Gasteiger partial charge in [0.15, 0.2) is 0 Å². The molecule has 0 saturated carbocycles. The molecule has 6 nitrogen and oxygen atoms in total. The Hall–Kier alpha value is -2.15. The van der Waals surface area contributed by atoms with Gasteiger partial charge in [0.05, 0.1) is 23.1 Å². The van der Waals surface area contributed by atoms with Crippen molar-refractivity contribution in [1.82, 2.24) is 9.97 Å². The second-order valence-electron chi connectivity index (χ2n) is 3.63. The average molecular weight is 264 g/mol. The fourth-order valence-electron chi connectivity index (χ4n) is 1.45. The zero-order chi connectivity index (χ0) is 13.0. The van der Waals surface area contributed by atoms with Gasteiger partial charge in [-0.05, 0) is 6.07 Å². The quantitative estimate of drug-likeness (QED) is 0.756. The van der Waals surface area contributed by atoms with Crippen LogP contribution in [0, 0.1) is 0 Å². The number of rotatable bonds is 5. The normalized spacial score (nSPS) is 10.2. The number of hydrogen-bond acceptors (Lipinski definition) is 6. The number of hydrogen-bond donors (Lipinski definition) is 3. The summed E-state index contributed by atoms with van der Waals surface area (Å²) in [6.07, 6.45) is 2.15. The third-order valence-electron chi connectivity index (χ3n) is 2.30. The molecular weight excluding hydrogens is 252 g/mol. The molecule has 2 aromatic rings. The molecule has 0 aliphatic heterocycles. The van der Waals surface area contributed by atoms with Crippen LogP contribution in [0.5, 0.6) is 0 Å². The molecule has 2 aromatic heterocycles. The van der Waals surface area contributed by atoms with Crippen molar-refractivity contribution in [2.24, 2.45) is 0 Å². The summed E-state index contributed by atoms with van der Waals surface area (Å²) >= 11 is 1.53. The number of carbonyl (C=O) groups is 1. The van der Waals surface area contributed by atoms with Gasteiger partial charge in [-0.25, -0.2) is 14.8 Å². The van der Waals surface area contributed by atoms with Gasteiger partial charge in [-0.3, -0.25) is 0 Å². The summed E-state index contributed by atoms with van der Waals surface area (Å²) in [5.74, 6) is -0.724. The highest BCUT2D eigenvalue weighted by Gasteiger charge is 2.11. The third kappa shape index (κ3) is 2.95. The van der Waals surface area contributed by atoms with Crippen molar-refractivity contribution in [1.29, 1.82) is 0 Å². The molecule has 0 amide bonds. The van der Waals surface area contributed by atoms with Gasteiger partial charge in [0, 0.05) is 18.3 Å². The van der Waals surface area contributed by atoms with Crippen LogP contribution in [0.15, 0.2) is 23.2 Å². The van der Waals surface area contributed by atoms with E-state index in [0.717, 1.165) is 5.69 Å². The van der Waals surface area contributed by atoms with Gasteiger partial charge >= 0.3 is 5.97 Å². The lowest BCUT2D eigenvalue weighted by atomic mass is 10.2. The molecule has 0 saturated heterocycles.